The minimum Gasteiger partial charge on any atom is -0.423 e. The number of thiophene rings is 1. The predicted molar refractivity (Wildman–Crippen MR) is 70.2 cm³/mol. The monoisotopic (exact) mass is 234 g/mol. The Morgan fingerprint density at radius 2 is 2.06 bits per heavy atom. The van der Waals surface area contributed by atoms with Crippen LogP contribution in [0.1, 0.15) is 19.4 Å². The van der Waals surface area contributed by atoms with E-state index in [0.29, 0.717) is 11.4 Å². The van der Waals surface area contributed by atoms with E-state index in [-0.39, 0.29) is 0 Å². The number of benzene rings is 1. The summed E-state index contributed by atoms with van der Waals surface area (Å²) < 4.78 is 1.13. The molecule has 2 nitrogen and oxygen atoms in total. The van der Waals surface area contributed by atoms with Gasteiger partial charge < -0.3 is 10.0 Å². The van der Waals surface area contributed by atoms with E-state index in [1.165, 1.54) is 10.9 Å². The molecule has 0 radical (unpaired) electrons. The zero-order valence-corrected chi connectivity index (χ0v) is 10.3. The topological polar surface area (TPSA) is 40.5 Å². The van der Waals surface area contributed by atoms with Crippen molar-refractivity contribution in [1.29, 1.82) is 0 Å². The van der Waals surface area contributed by atoms with Crippen LogP contribution in [0.25, 0.3) is 10.1 Å². The minimum atomic E-state index is -1.37. The summed E-state index contributed by atoms with van der Waals surface area (Å²) >= 11 is 1.67. The molecule has 0 aliphatic heterocycles. The highest BCUT2D eigenvalue weighted by Gasteiger charge is 2.13. The zero-order valence-electron chi connectivity index (χ0n) is 9.47. The molecule has 0 amide bonds. The van der Waals surface area contributed by atoms with Gasteiger partial charge in [-0.2, -0.15) is 0 Å². The van der Waals surface area contributed by atoms with Crippen molar-refractivity contribution in [2.75, 3.05) is 0 Å². The van der Waals surface area contributed by atoms with Crippen LogP contribution in [0.4, 0.5) is 0 Å². The first-order chi connectivity index (χ1) is 7.58. The molecule has 0 saturated heterocycles. The maximum absolute atomic E-state index is 9.10. The number of hydrogen-bond acceptors (Lipinski definition) is 3. The lowest BCUT2D eigenvalue weighted by atomic mass is 9.80. The van der Waals surface area contributed by atoms with Gasteiger partial charge in [0.2, 0.25) is 0 Å². The fraction of sp³-hybridized carbons (Fsp3) is 0.333. The molecule has 0 aliphatic carbocycles. The van der Waals surface area contributed by atoms with Gasteiger partial charge in [0, 0.05) is 4.70 Å². The smallest absolute Gasteiger partial charge is 0.423 e. The van der Waals surface area contributed by atoms with E-state index in [1.54, 1.807) is 17.4 Å². The highest BCUT2D eigenvalue weighted by Crippen LogP contribution is 2.26. The van der Waals surface area contributed by atoms with Gasteiger partial charge >= 0.3 is 7.12 Å². The summed E-state index contributed by atoms with van der Waals surface area (Å²) in [4.78, 5) is 0. The van der Waals surface area contributed by atoms with E-state index < -0.39 is 7.12 Å². The Hall–Kier alpha value is -0.835. The van der Waals surface area contributed by atoms with Crippen molar-refractivity contribution >= 4 is 34.0 Å². The quantitative estimate of drug-likeness (QED) is 0.794. The molecular formula is C12H15BO2S. The summed E-state index contributed by atoms with van der Waals surface area (Å²) in [5.74, 6) is 0.640. The summed E-state index contributed by atoms with van der Waals surface area (Å²) in [6.45, 7) is 4.41. The molecule has 0 saturated carbocycles. The van der Waals surface area contributed by atoms with Gasteiger partial charge in [0.15, 0.2) is 0 Å². The van der Waals surface area contributed by atoms with E-state index in [2.05, 4.69) is 19.2 Å². The van der Waals surface area contributed by atoms with Crippen molar-refractivity contribution in [2.45, 2.75) is 20.3 Å². The normalized spacial score (nSPS) is 11.3. The molecule has 1 heterocycles. The van der Waals surface area contributed by atoms with E-state index in [9.17, 15) is 0 Å². The second-order valence-electron chi connectivity index (χ2n) is 4.49. The number of rotatable bonds is 3. The lowest BCUT2D eigenvalue weighted by molar-refractivity contribution is 0.426. The molecule has 0 spiro atoms. The lowest BCUT2D eigenvalue weighted by Crippen LogP contribution is -2.29. The molecule has 84 valence electrons. The molecule has 0 bridgehead atoms. The Kier molecular flexibility index (Phi) is 3.33. The van der Waals surface area contributed by atoms with Crippen molar-refractivity contribution in [3.63, 3.8) is 0 Å². The summed E-state index contributed by atoms with van der Waals surface area (Å²) in [5, 5.41) is 21.6. The SMILES string of the molecule is CC(C)Cc1csc2cc(B(O)O)ccc12. The van der Waals surface area contributed by atoms with E-state index in [1.807, 2.05) is 12.1 Å². The second-order valence-corrected chi connectivity index (χ2v) is 5.40. The van der Waals surface area contributed by atoms with Gasteiger partial charge in [-0.15, -0.1) is 11.3 Å². The van der Waals surface area contributed by atoms with E-state index in [0.717, 1.165) is 11.1 Å². The van der Waals surface area contributed by atoms with Crippen LogP contribution in [-0.4, -0.2) is 17.2 Å². The Morgan fingerprint density at radius 1 is 1.31 bits per heavy atom. The molecule has 4 heteroatoms. The van der Waals surface area contributed by atoms with Gasteiger partial charge in [0.05, 0.1) is 0 Å². The van der Waals surface area contributed by atoms with Crippen LogP contribution in [0, 0.1) is 5.92 Å². The maximum Gasteiger partial charge on any atom is 0.488 e. The Labute approximate surface area is 99.7 Å². The molecule has 0 fully saturated rings. The molecule has 16 heavy (non-hydrogen) atoms. The first-order valence-corrected chi connectivity index (χ1v) is 6.32. The third kappa shape index (κ3) is 2.29. The van der Waals surface area contributed by atoms with Crippen LogP contribution in [0.3, 0.4) is 0 Å². The van der Waals surface area contributed by atoms with E-state index >= 15 is 0 Å². The lowest BCUT2D eigenvalue weighted by Gasteiger charge is -2.04. The molecule has 1 aromatic heterocycles. The Balaban J connectivity index is 2.42. The summed E-state index contributed by atoms with van der Waals surface area (Å²) in [5.41, 5.74) is 1.92. The van der Waals surface area contributed by atoms with Crippen LogP contribution in [-0.2, 0) is 6.42 Å². The fourth-order valence-electron chi connectivity index (χ4n) is 1.86. The highest BCUT2D eigenvalue weighted by atomic mass is 32.1. The number of fused-ring (bicyclic) bond motifs is 1. The summed E-state index contributed by atoms with van der Waals surface area (Å²) in [6, 6.07) is 5.62. The van der Waals surface area contributed by atoms with Gasteiger partial charge in [0.1, 0.15) is 0 Å². The van der Waals surface area contributed by atoms with Crippen LogP contribution >= 0.6 is 11.3 Å². The Bertz CT molecular complexity index is 491. The molecular weight excluding hydrogens is 219 g/mol. The predicted octanol–water partition coefficient (Wildman–Crippen LogP) is 1.78. The van der Waals surface area contributed by atoms with E-state index in [4.69, 9.17) is 10.0 Å². The van der Waals surface area contributed by atoms with Crippen molar-refractivity contribution in [2.24, 2.45) is 5.92 Å². The first-order valence-electron chi connectivity index (χ1n) is 5.44. The van der Waals surface area contributed by atoms with Gasteiger partial charge in [0.25, 0.3) is 0 Å². The molecule has 0 atom stereocenters. The molecule has 0 unspecified atom stereocenters. The van der Waals surface area contributed by atoms with Crippen LogP contribution in [0.15, 0.2) is 23.6 Å². The second kappa shape index (κ2) is 4.57. The maximum atomic E-state index is 9.10. The zero-order chi connectivity index (χ0) is 11.7. The van der Waals surface area contributed by atoms with Gasteiger partial charge in [-0.05, 0) is 40.2 Å². The average molecular weight is 234 g/mol. The average Bonchev–Trinajstić information content (AvgIpc) is 2.60. The number of hydrogen-bond donors (Lipinski definition) is 2. The van der Waals surface area contributed by atoms with Crippen molar-refractivity contribution < 1.29 is 10.0 Å². The summed E-state index contributed by atoms with van der Waals surface area (Å²) in [6.07, 6.45) is 1.07. The van der Waals surface area contributed by atoms with Gasteiger partial charge in [-0.25, -0.2) is 0 Å². The van der Waals surface area contributed by atoms with Crippen molar-refractivity contribution in [3.8, 4) is 0 Å². The van der Waals surface area contributed by atoms with Crippen molar-refractivity contribution in [1.82, 2.24) is 0 Å². The molecule has 2 aromatic rings. The molecule has 1 aromatic carbocycles. The van der Waals surface area contributed by atoms with Crippen LogP contribution < -0.4 is 5.46 Å². The summed E-state index contributed by atoms with van der Waals surface area (Å²) in [7, 11) is -1.37. The van der Waals surface area contributed by atoms with Crippen LogP contribution in [0.2, 0.25) is 0 Å². The highest BCUT2D eigenvalue weighted by molar-refractivity contribution is 7.17. The molecule has 2 rings (SSSR count). The third-order valence-corrected chi connectivity index (χ3v) is 3.60. The molecule has 2 N–H and O–H groups in total. The molecule has 0 aliphatic rings. The van der Waals surface area contributed by atoms with Gasteiger partial charge in [-0.3, -0.25) is 0 Å². The third-order valence-electron chi connectivity index (χ3n) is 2.61. The largest absolute Gasteiger partial charge is 0.488 e. The fourth-order valence-corrected chi connectivity index (χ4v) is 2.88. The van der Waals surface area contributed by atoms with Crippen LogP contribution in [0.5, 0.6) is 0 Å². The minimum absolute atomic E-state index is 0.561. The first kappa shape index (κ1) is 11.6. The Morgan fingerprint density at radius 3 is 2.69 bits per heavy atom. The van der Waals surface area contributed by atoms with Gasteiger partial charge in [-0.1, -0.05) is 26.0 Å². The standard InChI is InChI=1S/C12H15BO2S/c1-8(2)5-9-7-16-12-6-10(13(14)15)3-4-11(9)12/h3-4,6-8,14-15H,5H2,1-2H3. The van der Waals surface area contributed by atoms with Crippen molar-refractivity contribution in [3.05, 3.63) is 29.1 Å².